The minimum atomic E-state index is 0.563. The average molecular weight is 162 g/mol. The summed E-state index contributed by atoms with van der Waals surface area (Å²) in [6, 6.07) is 0.563. The first kappa shape index (κ1) is 9.99. The van der Waals surface area contributed by atoms with Gasteiger partial charge >= 0.3 is 0 Å². The van der Waals surface area contributed by atoms with E-state index in [1.54, 1.807) is 5.54 Å². The van der Waals surface area contributed by atoms with Crippen LogP contribution in [0.5, 0.6) is 0 Å². The van der Waals surface area contributed by atoms with E-state index < -0.39 is 0 Å². The van der Waals surface area contributed by atoms with E-state index in [1.165, 1.54) is 0 Å². The fraction of sp³-hybridized carbons (Fsp3) is 0.750. The van der Waals surface area contributed by atoms with Crippen molar-refractivity contribution in [3.05, 3.63) is 11.6 Å². The standard InChI is InChI=1S/C8H16ClN/c1-7(2)8(3)10-6-4-5-9/h4-5,7-8,10H,6H2,1-3H3/b5-4+. The Bertz CT molecular complexity index is 99.4. The number of hydrogen-bond donors (Lipinski definition) is 1. The lowest BCUT2D eigenvalue weighted by atomic mass is 10.1. The van der Waals surface area contributed by atoms with E-state index >= 15 is 0 Å². The van der Waals surface area contributed by atoms with Crippen LogP contribution in [0.2, 0.25) is 0 Å². The Balaban J connectivity index is 3.30. The third-order valence-corrected chi connectivity index (χ3v) is 1.82. The van der Waals surface area contributed by atoms with Crippen molar-refractivity contribution >= 4 is 11.6 Å². The molecule has 0 spiro atoms. The highest BCUT2D eigenvalue weighted by atomic mass is 35.5. The van der Waals surface area contributed by atoms with Gasteiger partial charge in [-0.3, -0.25) is 0 Å². The lowest BCUT2D eigenvalue weighted by Gasteiger charge is -2.15. The first-order chi connectivity index (χ1) is 4.68. The van der Waals surface area contributed by atoms with Gasteiger partial charge in [-0.2, -0.15) is 0 Å². The van der Waals surface area contributed by atoms with Crippen LogP contribution in [0.3, 0.4) is 0 Å². The Morgan fingerprint density at radius 2 is 2.00 bits per heavy atom. The van der Waals surface area contributed by atoms with Gasteiger partial charge in [0.2, 0.25) is 0 Å². The van der Waals surface area contributed by atoms with E-state index in [2.05, 4.69) is 26.1 Å². The van der Waals surface area contributed by atoms with Crippen LogP contribution in [0.15, 0.2) is 11.6 Å². The van der Waals surface area contributed by atoms with Gasteiger partial charge < -0.3 is 5.32 Å². The van der Waals surface area contributed by atoms with E-state index in [4.69, 9.17) is 11.6 Å². The third-order valence-electron chi connectivity index (χ3n) is 1.65. The van der Waals surface area contributed by atoms with Crippen molar-refractivity contribution in [1.82, 2.24) is 5.32 Å². The zero-order valence-corrected chi connectivity index (χ0v) is 7.65. The Morgan fingerprint density at radius 3 is 2.40 bits per heavy atom. The van der Waals surface area contributed by atoms with E-state index in [0.717, 1.165) is 6.54 Å². The molecule has 0 aliphatic carbocycles. The summed E-state index contributed by atoms with van der Waals surface area (Å²) in [6.45, 7) is 7.43. The zero-order valence-electron chi connectivity index (χ0n) is 6.89. The smallest absolute Gasteiger partial charge is 0.0149 e. The van der Waals surface area contributed by atoms with E-state index in [-0.39, 0.29) is 0 Å². The topological polar surface area (TPSA) is 12.0 Å². The molecule has 1 atom stereocenters. The van der Waals surface area contributed by atoms with Crippen molar-refractivity contribution in [3.8, 4) is 0 Å². The van der Waals surface area contributed by atoms with Gasteiger partial charge in [0.1, 0.15) is 0 Å². The lowest BCUT2D eigenvalue weighted by molar-refractivity contribution is 0.445. The Labute approximate surface area is 68.5 Å². The van der Waals surface area contributed by atoms with Gasteiger partial charge in [-0.15, -0.1) is 0 Å². The molecule has 1 nitrogen and oxygen atoms in total. The molecular formula is C8H16ClN. The minimum absolute atomic E-state index is 0.563. The predicted molar refractivity (Wildman–Crippen MR) is 47.3 cm³/mol. The third kappa shape index (κ3) is 4.83. The van der Waals surface area contributed by atoms with Gasteiger partial charge in [-0.05, 0) is 12.8 Å². The maximum absolute atomic E-state index is 5.34. The van der Waals surface area contributed by atoms with Crippen LogP contribution in [0.25, 0.3) is 0 Å². The number of rotatable bonds is 4. The number of nitrogens with one attached hydrogen (secondary N) is 1. The van der Waals surface area contributed by atoms with Gasteiger partial charge in [0.05, 0.1) is 0 Å². The summed E-state index contributed by atoms with van der Waals surface area (Å²) in [5.74, 6) is 0.684. The minimum Gasteiger partial charge on any atom is -0.311 e. The SMILES string of the molecule is CC(C)C(C)NC/C=C/Cl. The van der Waals surface area contributed by atoms with E-state index in [9.17, 15) is 0 Å². The van der Waals surface area contributed by atoms with Crippen molar-refractivity contribution in [2.45, 2.75) is 26.8 Å². The van der Waals surface area contributed by atoms with Crippen molar-refractivity contribution < 1.29 is 0 Å². The summed E-state index contributed by atoms with van der Waals surface area (Å²) in [7, 11) is 0. The van der Waals surface area contributed by atoms with Gasteiger partial charge in [0.15, 0.2) is 0 Å². The molecule has 0 bridgehead atoms. The van der Waals surface area contributed by atoms with E-state index in [0.29, 0.717) is 12.0 Å². The molecule has 60 valence electrons. The molecule has 0 aliphatic heterocycles. The quantitative estimate of drug-likeness (QED) is 0.668. The highest BCUT2D eigenvalue weighted by molar-refractivity contribution is 6.25. The highest BCUT2D eigenvalue weighted by Crippen LogP contribution is 1.98. The van der Waals surface area contributed by atoms with Crippen LogP contribution in [0.1, 0.15) is 20.8 Å². The van der Waals surface area contributed by atoms with Crippen LogP contribution in [0.4, 0.5) is 0 Å². The first-order valence-electron chi connectivity index (χ1n) is 3.67. The van der Waals surface area contributed by atoms with Crippen LogP contribution in [-0.4, -0.2) is 12.6 Å². The molecule has 0 rings (SSSR count). The van der Waals surface area contributed by atoms with E-state index in [1.807, 2.05) is 6.08 Å². The largest absolute Gasteiger partial charge is 0.311 e. The molecule has 0 aromatic rings. The maximum atomic E-state index is 5.34. The molecule has 1 unspecified atom stereocenters. The molecule has 10 heavy (non-hydrogen) atoms. The van der Waals surface area contributed by atoms with Gasteiger partial charge in [0.25, 0.3) is 0 Å². The summed E-state index contributed by atoms with van der Waals surface area (Å²) < 4.78 is 0. The fourth-order valence-corrected chi connectivity index (χ4v) is 0.623. The molecule has 0 aliphatic rings. The monoisotopic (exact) mass is 161 g/mol. The molecule has 0 fully saturated rings. The highest BCUT2D eigenvalue weighted by Gasteiger charge is 2.02. The lowest BCUT2D eigenvalue weighted by Crippen LogP contribution is -2.30. The van der Waals surface area contributed by atoms with Crippen LogP contribution < -0.4 is 5.32 Å². The van der Waals surface area contributed by atoms with Gasteiger partial charge in [0, 0.05) is 18.1 Å². The van der Waals surface area contributed by atoms with Crippen molar-refractivity contribution in [2.75, 3.05) is 6.54 Å². The van der Waals surface area contributed by atoms with Gasteiger partial charge in [-0.25, -0.2) is 0 Å². The molecule has 0 saturated carbocycles. The van der Waals surface area contributed by atoms with Crippen LogP contribution in [0, 0.1) is 5.92 Å². The molecule has 0 saturated heterocycles. The van der Waals surface area contributed by atoms with Gasteiger partial charge in [-0.1, -0.05) is 31.5 Å². The van der Waals surface area contributed by atoms with Crippen molar-refractivity contribution in [3.63, 3.8) is 0 Å². The molecule has 0 aromatic carbocycles. The summed E-state index contributed by atoms with van der Waals surface area (Å²) in [4.78, 5) is 0. The second kappa shape index (κ2) is 5.75. The number of halogens is 1. The molecule has 0 amide bonds. The van der Waals surface area contributed by atoms with Crippen LogP contribution >= 0.6 is 11.6 Å². The predicted octanol–water partition coefficient (Wildman–Crippen LogP) is 2.37. The Hall–Kier alpha value is -0.0100. The summed E-state index contributed by atoms with van der Waals surface area (Å²) in [5, 5.41) is 3.31. The van der Waals surface area contributed by atoms with Crippen LogP contribution in [-0.2, 0) is 0 Å². The first-order valence-corrected chi connectivity index (χ1v) is 4.10. The normalized spacial score (nSPS) is 14.9. The average Bonchev–Trinajstić information content (AvgIpc) is 1.88. The molecule has 0 aromatic heterocycles. The molecule has 0 heterocycles. The second-order valence-corrected chi connectivity index (χ2v) is 3.05. The van der Waals surface area contributed by atoms with Crippen molar-refractivity contribution in [2.24, 2.45) is 5.92 Å². The molecule has 0 radical (unpaired) electrons. The Kier molecular flexibility index (Phi) is 5.74. The zero-order chi connectivity index (χ0) is 7.98. The summed E-state index contributed by atoms with van der Waals surface area (Å²) >= 11 is 5.34. The second-order valence-electron chi connectivity index (χ2n) is 2.80. The molecule has 2 heteroatoms. The summed E-state index contributed by atoms with van der Waals surface area (Å²) in [6.07, 6.45) is 1.90. The molecule has 1 N–H and O–H groups in total. The fourth-order valence-electron chi connectivity index (χ4n) is 0.534. The Morgan fingerprint density at radius 1 is 1.40 bits per heavy atom. The van der Waals surface area contributed by atoms with Crippen molar-refractivity contribution in [1.29, 1.82) is 0 Å². The molecular weight excluding hydrogens is 146 g/mol. The summed E-state index contributed by atoms with van der Waals surface area (Å²) in [5.41, 5.74) is 1.54. The maximum Gasteiger partial charge on any atom is 0.0149 e. The number of hydrogen-bond acceptors (Lipinski definition) is 1.